The van der Waals surface area contributed by atoms with Gasteiger partial charge in [0, 0.05) is 11.1 Å². The fourth-order valence-electron chi connectivity index (χ4n) is 5.06. The van der Waals surface area contributed by atoms with Gasteiger partial charge in [0.1, 0.15) is 0 Å². The highest BCUT2D eigenvalue weighted by Gasteiger charge is 2.17. The molecule has 0 saturated heterocycles. The minimum absolute atomic E-state index is 0.629. The first kappa shape index (κ1) is 29.4. The highest BCUT2D eigenvalue weighted by atomic mass is 35.5. The molecule has 0 N–H and O–H groups in total. The van der Waals surface area contributed by atoms with E-state index in [0.29, 0.717) is 10.0 Å². The number of aryl methyl sites for hydroxylation is 4. The quantitative estimate of drug-likeness (QED) is 0.166. The normalized spacial score (nSPS) is 12.0. The second-order valence-electron chi connectivity index (χ2n) is 10.3. The predicted octanol–water partition coefficient (Wildman–Crippen LogP) is 10.5. The average Bonchev–Trinajstić information content (AvgIpc) is 3.00. The van der Waals surface area contributed by atoms with Crippen molar-refractivity contribution in [2.24, 2.45) is 9.98 Å². The van der Waals surface area contributed by atoms with Crippen LogP contribution in [0.3, 0.4) is 0 Å². The topological polar surface area (TPSA) is 37.6 Å². The third-order valence-corrected chi connectivity index (χ3v) is 7.69. The van der Waals surface area contributed by atoms with Crippen LogP contribution < -0.4 is 0 Å². The van der Waals surface area contributed by atoms with Gasteiger partial charge in [-0.2, -0.15) is 0 Å². The molecule has 0 bridgehead atoms. The van der Waals surface area contributed by atoms with Crippen LogP contribution in [-0.4, -0.2) is 16.4 Å². The van der Waals surface area contributed by atoms with Crippen molar-refractivity contribution < 1.29 is 0 Å². The summed E-state index contributed by atoms with van der Waals surface area (Å²) in [5, 5.41) is 1.26. The van der Waals surface area contributed by atoms with Gasteiger partial charge in [-0.3, -0.25) is 0 Å². The number of benzene rings is 4. The Balaban J connectivity index is 1.74. The molecule has 0 aliphatic carbocycles. The third-order valence-electron chi connectivity index (χ3n) is 7.11. The maximum atomic E-state index is 6.78. The minimum atomic E-state index is 0.629. The molecule has 4 aromatic carbocycles. The Morgan fingerprint density at radius 1 is 0.571 bits per heavy atom. The van der Waals surface area contributed by atoms with E-state index in [1.807, 2.05) is 91.0 Å². The van der Waals surface area contributed by atoms with Crippen LogP contribution in [0.2, 0.25) is 10.0 Å². The summed E-state index contributed by atoms with van der Waals surface area (Å²) in [5.74, 6) is 0. The Morgan fingerprint density at radius 2 is 0.976 bits per heavy atom. The number of hydrogen-bond donors (Lipinski definition) is 0. The Kier molecular flexibility index (Phi) is 9.31. The smallest absolute Gasteiger partial charge is 0.0966 e. The fourth-order valence-corrected chi connectivity index (χ4v) is 5.73. The maximum absolute atomic E-state index is 6.78. The molecule has 210 valence electrons. The summed E-state index contributed by atoms with van der Waals surface area (Å²) in [6, 6.07) is 34.4. The lowest BCUT2D eigenvalue weighted by Crippen LogP contribution is -2.12. The van der Waals surface area contributed by atoms with Gasteiger partial charge in [-0.1, -0.05) is 116 Å². The van der Waals surface area contributed by atoms with Gasteiger partial charge in [0.2, 0.25) is 0 Å². The fraction of sp³-hybridized carbons (Fsp3) is 0.162. The molecule has 3 nitrogen and oxygen atoms in total. The molecule has 0 radical (unpaired) electrons. The van der Waals surface area contributed by atoms with Crippen LogP contribution in [0.1, 0.15) is 58.6 Å². The molecule has 5 aromatic rings. The van der Waals surface area contributed by atoms with Gasteiger partial charge >= 0.3 is 0 Å². The van der Waals surface area contributed by atoms with Crippen molar-refractivity contribution in [2.45, 2.75) is 40.5 Å². The molecule has 0 saturated carbocycles. The zero-order chi connectivity index (χ0) is 29.6. The van der Waals surface area contributed by atoms with Gasteiger partial charge in [-0.15, -0.1) is 0 Å². The van der Waals surface area contributed by atoms with Crippen molar-refractivity contribution in [3.8, 4) is 0 Å². The highest BCUT2D eigenvalue weighted by molar-refractivity contribution is 6.34. The van der Waals surface area contributed by atoms with Crippen molar-refractivity contribution in [3.05, 3.63) is 158 Å². The van der Waals surface area contributed by atoms with Gasteiger partial charge in [0.15, 0.2) is 0 Å². The van der Waals surface area contributed by atoms with E-state index in [9.17, 15) is 0 Å². The van der Waals surface area contributed by atoms with Gasteiger partial charge in [0.25, 0.3) is 0 Å². The molecule has 5 rings (SSSR count). The molecular weight excluding hydrogens is 557 g/mol. The van der Waals surface area contributed by atoms with Crippen LogP contribution in [0.4, 0.5) is 11.4 Å². The number of aromatic nitrogens is 1. The van der Waals surface area contributed by atoms with Crippen molar-refractivity contribution in [3.63, 3.8) is 0 Å². The van der Waals surface area contributed by atoms with Crippen molar-refractivity contribution >= 4 is 46.0 Å². The predicted molar refractivity (Wildman–Crippen MR) is 179 cm³/mol. The highest BCUT2D eigenvalue weighted by Crippen LogP contribution is 2.34. The van der Waals surface area contributed by atoms with Gasteiger partial charge in [-0.25, -0.2) is 15.0 Å². The molecule has 0 amide bonds. The molecule has 0 atom stereocenters. The van der Waals surface area contributed by atoms with E-state index in [1.54, 1.807) is 0 Å². The Hall–Kier alpha value is -4.05. The number of nitrogens with zero attached hydrogens (tertiary/aromatic N) is 3. The largest absolute Gasteiger partial charge is 0.244 e. The average molecular weight is 591 g/mol. The van der Waals surface area contributed by atoms with Gasteiger partial charge < -0.3 is 0 Å². The standard InChI is InChI=1S/C37H33Cl2N3/c1-5-26-20-24(3)22-30(38)34(26)41-36(28-14-9-7-10-15-28)32-18-13-19-33(40-32)37(29-16-11-8-12-17-29)42-35-27(6-2)21-25(4)23-31(35)39/h7-23H,5-6H2,1-4H3/b41-36+,42-37+. The van der Waals surface area contributed by atoms with Crippen LogP contribution in [0.15, 0.2) is 113 Å². The summed E-state index contributed by atoms with van der Waals surface area (Å²) in [4.78, 5) is 15.5. The van der Waals surface area contributed by atoms with E-state index in [4.69, 9.17) is 38.2 Å². The molecule has 1 aromatic heterocycles. The molecule has 0 unspecified atom stereocenters. The summed E-state index contributed by atoms with van der Waals surface area (Å²) >= 11 is 13.6. The van der Waals surface area contributed by atoms with Crippen LogP contribution in [-0.2, 0) is 12.8 Å². The van der Waals surface area contributed by atoms with E-state index in [1.165, 1.54) is 0 Å². The number of hydrogen-bond acceptors (Lipinski definition) is 3. The Labute approximate surface area is 258 Å². The first-order valence-electron chi connectivity index (χ1n) is 14.2. The summed E-state index contributed by atoms with van der Waals surface area (Å²) in [6.45, 7) is 8.34. The van der Waals surface area contributed by atoms with E-state index in [0.717, 1.165) is 80.4 Å². The Morgan fingerprint density at radius 3 is 1.36 bits per heavy atom. The van der Waals surface area contributed by atoms with E-state index in [-0.39, 0.29) is 0 Å². The molecular formula is C37H33Cl2N3. The van der Waals surface area contributed by atoms with E-state index in [2.05, 4.69) is 39.8 Å². The summed E-state index contributed by atoms with van der Waals surface area (Å²) in [7, 11) is 0. The zero-order valence-electron chi connectivity index (χ0n) is 24.3. The zero-order valence-corrected chi connectivity index (χ0v) is 25.8. The molecule has 5 heteroatoms. The molecule has 0 aliphatic heterocycles. The summed E-state index contributed by atoms with van der Waals surface area (Å²) in [6.07, 6.45) is 1.63. The van der Waals surface area contributed by atoms with Crippen LogP contribution in [0.25, 0.3) is 0 Å². The number of rotatable bonds is 8. The minimum Gasteiger partial charge on any atom is -0.244 e. The third kappa shape index (κ3) is 6.54. The maximum Gasteiger partial charge on any atom is 0.0966 e. The lowest BCUT2D eigenvalue weighted by atomic mass is 10.0. The lowest BCUT2D eigenvalue weighted by Gasteiger charge is -2.14. The molecule has 1 heterocycles. The monoisotopic (exact) mass is 589 g/mol. The summed E-state index contributed by atoms with van der Waals surface area (Å²) < 4.78 is 0. The molecule has 0 aliphatic rings. The number of aliphatic imine (C=N–C) groups is 2. The molecule has 0 spiro atoms. The lowest BCUT2D eigenvalue weighted by molar-refractivity contribution is 1.12. The van der Waals surface area contributed by atoms with E-state index < -0.39 is 0 Å². The molecule has 42 heavy (non-hydrogen) atoms. The van der Waals surface area contributed by atoms with Gasteiger partial charge in [-0.05, 0) is 73.2 Å². The van der Waals surface area contributed by atoms with Crippen LogP contribution in [0, 0.1) is 13.8 Å². The summed E-state index contributed by atoms with van der Waals surface area (Å²) in [5.41, 5.74) is 10.8. The van der Waals surface area contributed by atoms with Crippen molar-refractivity contribution in [1.82, 2.24) is 4.98 Å². The first-order chi connectivity index (χ1) is 20.4. The van der Waals surface area contributed by atoms with E-state index >= 15 is 0 Å². The molecule has 0 fully saturated rings. The van der Waals surface area contributed by atoms with Crippen molar-refractivity contribution in [2.75, 3.05) is 0 Å². The Bertz CT molecular complexity index is 1650. The number of halogens is 2. The van der Waals surface area contributed by atoms with Gasteiger partial charge in [0.05, 0.1) is 44.2 Å². The van der Waals surface area contributed by atoms with Crippen LogP contribution >= 0.6 is 23.2 Å². The van der Waals surface area contributed by atoms with Crippen LogP contribution in [0.5, 0.6) is 0 Å². The van der Waals surface area contributed by atoms with Crippen molar-refractivity contribution in [1.29, 1.82) is 0 Å². The SMILES string of the molecule is CCc1cc(C)cc(Cl)c1/N=C(\c1ccccc1)c1cccc(/C(=N/c2c(Cl)cc(C)cc2CC)c2ccccc2)n1. The second-order valence-corrected chi connectivity index (χ2v) is 11.1. The second kappa shape index (κ2) is 13.3. The first-order valence-corrected chi connectivity index (χ1v) is 15.0. The number of pyridine rings is 1.